The minimum absolute atomic E-state index is 0.401. The van der Waals surface area contributed by atoms with Gasteiger partial charge in [0.05, 0.1) is 6.10 Å². The van der Waals surface area contributed by atoms with Crippen LogP contribution in [0.4, 0.5) is 11.8 Å². The summed E-state index contributed by atoms with van der Waals surface area (Å²) in [6, 6.07) is 2.04. The Kier molecular flexibility index (Phi) is 3.78. The normalized spacial score (nSPS) is 17.2. The van der Waals surface area contributed by atoms with E-state index in [0.29, 0.717) is 12.1 Å². The summed E-state index contributed by atoms with van der Waals surface area (Å²) < 4.78 is 5.37. The summed E-state index contributed by atoms with van der Waals surface area (Å²) in [5.74, 6) is 1.70. The molecule has 2 heterocycles. The number of hydrogen-bond donors (Lipinski definition) is 1. The van der Waals surface area contributed by atoms with Gasteiger partial charge in [-0.1, -0.05) is 0 Å². The number of nitrogens with one attached hydrogen (secondary N) is 1. The lowest BCUT2D eigenvalue weighted by molar-refractivity contribution is 0.0818. The Hall–Kier alpha value is -1.36. The lowest BCUT2D eigenvalue weighted by Gasteiger charge is -2.32. The molecule has 2 rings (SSSR count). The van der Waals surface area contributed by atoms with Crippen molar-refractivity contribution in [1.29, 1.82) is 0 Å². The maximum absolute atomic E-state index is 5.37. The molecular weight excluding hydrogens is 216 g/mol. The van der Waals surface area contributed by atoms with Gasteiger partial charge in [0.2, 0.25) is 5.95 Å². The second-order valence-corrected chi connectivity index (χ2v) is 4.36. The number of rotatable bonds is 3. The fourth-order valence-corrected chi connectivity index (χ4v) is 2.15. The summed E-state index contributed by atoms with van der Waals surface area (Å²) in [6.07, 6.45) is 2.53. The molecule has 0 amide bonds. The van der Waals surface area contributed by atoms with E-state index in [2.05, 4.69) is 20.2 Å². The summed E-state index contributed by atoms with van der Waals surface area (Å²) in [7, 11) is 3.63. The summed E-state index contributed by atoms with van der Waals surface area (Å²) in [4.78, 5) is 11.1. The predicted molar refractivity (Wildman–Crippen MR) is 68.6 cm³/mol. The average Bonchev–Trinajstić information content (AvgIpc) is 2.38. The van der Waals surface area contributed by atoms with Gasteiger partial charge in [0.25, 0.3) is 0 Å². The van der Waals surface area contributed by atoms with Crippen molar-refractivity contribution in [2.45, 2.75) is 25.9 Å². The van der Waals surface area contributed by atoms with Crippen molar-refractivity contribution in [2.75, 3.05) is 37.5 Å². The average molecular weight is 236 g/mol. The molecule has 0 unspecified atom stereocenters. The Morgan fingerprint density at radius 2 is 2.06 bits per heavy atom. The fraction of sp³-hybridized carbons (Fsp3) is 0.667. The molecule has 0 saturated carbocycles. The van der Waals surface area contributed by atoms with E-state index < -0.39 is 0 Å². The van der Waals surface area contributed by atoms with E-state index in [1.165, 1.54) is 0 Å². The molecule has 0 aliphatic carbocycles. The molecule has 0 atom stereocenters. The van der Waals surface area contributed by atoms with Crippen LogP contribution < -0.4 is 10.2 Å². The van der Waals surface area contributed by atoms with Gasteiger partial charge in [-0.05, 0) is 19.8 Å². The predicted octanol–water partition coefficient (Wildman–Crippen LogP) is 1.44. The molecule has 1 aromatic rings. The standard InChI is InChI=1S/C12H20N4O/c1-9-8-11(15-12(13-2)14-9)16-6-4-10(17-3)5-7-16/h8,10H,4-7H2,1-3H3,(H,13,14,15). The van der Waals surface area contributed by atoms with Crippen LogP contribution in [0.2, 0.25) is 0 Å². The van der Waals surface area contributed by atoms with Crippen LogP contribution in [0, 0.1) is 6.92 Å². The van der Waals surface area contributed by atoms with Gasteiger partial charge < -0.3 is 15.0 Å². The SMILES string of the molecule is CNc1nc(C)cc(N2CCC(OC)CC2)n1. The molecule has 94 valence electrons. The summed E-state index contributed by atoms with van der Waals surface area (Å²) in [5, 5.41) is 2.99. The van der Waals surface area contributed by atoms with Crippen LogP contribution in [0.25, 0.3) is 0 Å². The quantitative estimate of drug-likeness (QED) is 0.860. The molecule has 1 aliphatic rings. The minimum Gasteiger partial charge on any atom is -0.381 e. The maximum Gasteiger partial charge on any atom is 0.224 e. The maximum atomic E-state index is 5.37. The summed E-state index contributed by atoms with van der Waals surface area (Å²) in [5.41, 5.74) is 0.994. The summed E-state index contributed by atoms with van der Waals surface area (Å²) >= 11 is 0. The molecule has 1 N–H and O–H groups in total. The van der Waals surface area contributed by atoms with Crippen LogP contribution in [0.3, 0.4) is 0 Å². The van der Waals surface area contributed by atoms with E-state index >= 15 is 0 Å². The van der Waals surface area contributed by atoms with Gasteiger partial charge in [0, 0.05) is 39.0 Å². The van der Waals surface area contributed by atoms with Crippen molar-refractivity contribution >= 4 is 11.8 Å². The number of aryl methyl sites for hydroxylation is 1. The van der Waals surface area contributed by atoms with Crippen molar-refractivity contribution in [3.8, 4) is 0 Å². The molecule has 5 heteroatoms. The Labute approximate surface area is 102 Å². The van der Waals surface area contributed by atoms with Crippen molar-refractivity contribution in [2.24, 2.45) is 0 Å². The molecule has 1 aromatic heterocycles. The van der Waals surface area contributed by atoms with E-state index in [0.717, 1.165) is 37.4 Å². The van der Waals surface area contributed by atoms with Crippen molar-refractivity contribution in [3.05, 3.63) is 11.8 Å². The van der Waals surface area contributed by atoms with E-state index in [4.69, 9.17) is 4.74 Å². The Balaban J connectivity index is 2.10. The van der Waals surface area contributed by atoms with Crippen LogP contribution in [0.15, 0.2) is 6.07 Å². The Morgan fingerprint density at radius 1 is 1.35 bits per heavy atom. The summed E-state index contributed by atoms with van der Waals surface area (Å²) in [6.45, 7) is 3.99. The molecule has 0 aromatic carbocycles. The van der Waals surface area contributed by atoms with Crippen LogP contribution in [-0.2, 0) is 4.74 Å². The number of nitrogens with zero attached hydrogens (tertiary/aromatic N) is 3. The van der Waals surface area contributed by atoms with Gasteiger partial charge in [-0.3, -0.25) is 0 Å². The zero-order valence-electron chi connectivity index (χ0n) is 10.7. The monoisotopic (exact) mass is 236 g/mol. The van der Waals surface area contributed by atoms with Gasteiger partial charge >= 0.3 is 0 Å². The molecule has 0 spiro atoms. The number of aromatic nitrogens is 2. The van der Waals surface area contributed by atoms with Crippen LogP contribution in [0.1, 0.15) is 18.5 Å². The van der Waals surface area contributed by atoms with Gasteiger partial charge in [0.1, 0.15) is 5.82 Å². The van der Waals surface area contributed by atoms with Gasteiger partial charge in [-0.2, -0.15) is 4.98 Å². The lowest BCUT2D eigenvalue weighted by atomic mass is 10.1. The molecule has 5 nitrogen and oxygen atoms in total. The molecular formula is C12H20N4O. The number of piperidine rings is 1. The van der Waals surface area contributed by atoms with Gasteiger partial charge in [0.15, 0.2) is 0 Å². The first-order valence-electron chi connectivity index (χ1n) is 6.04. The second kappa shape index (κ2) is 5.31. The smallest absolute Gasteiger partial charge is 0.224 e. The molecule has 17 heavy (non-hydrogen) atoms. The minimum atomic E-state index is 0.401. The first kappa shape index (κ1) is 12.1. The highest BCUT2D eigenvalue weighted by Crippen LogP contribution is 2.20. The zero-order valence-corrected chi connectivity index (χ0v) is 10.7. The third-order valence-electron chi connectivity index (χ3n) is 3.16. The number of ether oxygens (including phenoxy) is 1. The molecule has 1 saturated heterocycles. The topological polar surface area (TPSA) is 50.3 Å². The third kappa shape index (κ3) is 2.85. The lowest BCUT2D eigenvalue weighted by Crippen LogP contribution is -2.37. The fourth-order valence-electron chi connectivity index (χ4n) is 2.15. The molecule has 1 fully saturated rings. The Bertz CT molecular complexity index is 375. The van der Waals surface area contributed by atoms with Crippen LogP contribution >= 0.6 is 0 Å². The molecule has 0 bridgehead atoms. The highest BCUT2D eigenvalue weighted by molar-refractivity contribution is 5.44. The number of anilines is 2. The molecule has 1 aliphatic heterocycles. The van der Waals surface area contributed by atoms with Gasteiger partial charge in [-0.25, -0.2) is 4.98 Å². The highest BCUT2D eigenvalue weighted by atomic mass is 16.5. The third-order valence-corrected chi connectivity index (χ3v) is 3.16. The van der Waals surface area contributed by atoms with Gasteiger partial charge in [-0.15, -0.1) is 0 Å². The van der Waals surface area contributed by atoms with E-state index in [1.807, 2.05) is 20.0 Å². The van der Waals surface area contributed by atoms with Crippen LogP contribution in [-0.4, -0.2) is 43.3 Å². The highest BCUT2D eigenvalue weighted by Gasteiger charge is 2.20. The number of methoxy groups -OCH3 is 1. The largest absolute Gasteiger partial charge is 0.381 e. The van der Waals surface area contributed by atoms with E-state index in [-0.39, 0.29) is 0 Å². The number of hydrogen-bond acceptors (Lipinski definition) is 5. The van der Waals surface area contributed by atoms with Crippen molar-refractivity contribution in [1.82, 2.24) is 9.97 Å². The van der Waals surface area contributed by atoms with E-state index in [1.54, 1.807) is 7.11 Å². The zero-order chi connectivity index (χ0) is 12.3. The first-order chi connectivity index (χ1) is 8.22. The van der Waals surface area contributed by atoms with Crippen molar-refractivity contribution in [3.63, 3.8) is 0 Å². The molecule has 0 radical (unpaired) electrons. The first-order valence-corrected chi connectivity index (χ1v) is 6.04. The van der Waals surface area contributed by atoms with Crippen LogP contribution in [0.5, 0.6) is 0 Å². The Morgan fingerprint density at radius 3 is 2.65 bits per heavy atom. The second-order valence-electron chi connectivity index (χ2n) is 4.36. The van der Waals surface area contributed by atoms with E-state index in [9.17, 15) is 0 Å². The van der Waals surface area contributed by atoms with Crippen molar-refractivity contribution < 1.29 is 4.74 Å².